The van der Waals surface area contributed by atoms with Crippen LogP contribution in [0.25, 0.3) is 76.2 Å². The minimum absolute atomic E-state index is 0.0494. The van der Waals surface area contributed by atoms with Crippen LogP contribution < -0.4 is 0 Å². The molecule has 0 bridgehead atoms. The van der Waals surface area contributed by atoms with Crippen LogP contribution in [0.4, 0.5) is 0 Å². The maximum absolute atomic E-state index is 5.32. The lowest BCUT2D eigenvalue weighted by molar-refractivity contribution is 0.466. The highest BCUT2D eigenvalue weighted by Gasteiger charge is 2.57. The summed E-state index contributed by atoms with van der Waals surface area (Å²) in [5.41, 5.74) is 18.8. The van der Waals surface area contributed by atoms with E-state index in [9.17, 15) is 0 Å². The van der Waals surface area contributed by atoms with Gasteiger partial charge in [0.1, 0.15) is 0 Å². The predicted octanol–water partition coefficient (Wildman–Crippen LogP) is 14.3. The van der Waals surface area contributed by atoms with Gasteiger partial charge in [-0.15, -0.1) is 11.3 Å². The van der Waals surface area contributed by atoms with E-state index >= 15 is 0 Å². The lowest BCUT2D eigenvalue weighted by Crippen LogP contribution is -2.33. The maximum atomic E-state index is 5.32. The summed E-state index contributed by atoms with van der Waals surface area (Å²) in [7, 11) is 0. The number of hydrogen-bond acceptors (Lipinski definition) is 3. The Balaban J connectivity index is 0.954. The Morgan fingerprint density at radius 2 is 1.27 bits per heavy atom. The van der Waals surface area contributed by atoms with Gasteiger partial charge in [-0.3, -0.25) is 0 Å². The number of nitrogens with zero attached hydrogens (tertiary/aromatic N) is 2. The normalized spacial score (nSPS) is 19.8. The Bertz CT molecular complexity index is 3340. The SMILES string of the molecule is CC1(C)c2ccccc2-c2ccc(-c3cccc(-c4ccnc(-c5ccc6c(c5)C5(c7ccccc7C7C=CC=CC75)c5ccc7c(sc8ccccc87)c5-6)n4)c3)cc21. The molecule has 0 N–H and O–H groups in total. The molecule has 9 aromatic rings. The minimum atomic E-state index is -0.342. The van der Waals surface area contributed by atoms with Gasteiger partial charge in [-0.05, 0) is 91.5 Å². The largest absolute Gasteiger partial charge is 0.237 e. The Labute approximate surface area is 347 Å². The molecule has 2 nitrogen and oxygen atoms in total. The van der Waals surface area contributed by atoms with Crippen LogP contribution in [0.15, 0.2) is 182 Å². The van der Waals surface area contributed by atoms with E-state index in [4.69, 9.17) is 9.97 Å². The Morgan fingerprint density at radius 1 is 0.525 bits per heavy atom. The molecule has 3 atom stereocenters. The van der Waals surface area contributed by atoms with Crippen LogP contribution in [0.5, 0.6) is 0 Å². The number of fused-ring (bicyclic) bond motifs is 17. The number of allylic oxidation sites excluding steroid dienone is 4. The summed E-state index contributed by atoms with van der Waals surface area (Å²) in [5.74, 6) is 1.30. The van der Waals surface area contributed by atoms with E-state index in [1.54, 1.807) is 0 Å². The molecule has 4 aliphatic carbocycles. The van der Waals surface area contributed by atoms with Gasteiger partial charge in [0.25, 0.3) is 0 Å². The van der Waals surface area contributed by atoms with E-state index in [2.05, 4.69) is 184 Å². The smallest absolute Gasteiger partial charge is 0.159 e. The number of aromatic nitrogens is 2. The van der Waals surface area contributed by atoms with Crippen molar-refractivity contribution < 1.29 is 0 Å². The van der Waals surface area contributed by atoms with Crippen LogP contribution in [-0.2, 0) is 10.8 Å². The molecule has 7 aromatic carbocycles. The molecular weight excluding hydrogens is 733 g/mol. The molecule has 3 heteroatoms. The van der Waals surface area contributed by atoms with E-state index in [0.29, 0.717) is 5.92 Å². The summed E-state index contributed by atoms with van der Waals surface area (Å²) in [6, 6.07) is 56.6. The Hall–Kier alpha value is -6.68. The van der Waals surface area contributed by atoms with Crippen LogP contribution >= 0.6 is 11.3 Å². The van der Waals surface area contributed by atoms with Crippen molar-refractivity contribution in [2.45, 2.75) is 30.6 Å². The highest BCUT2D eigenvalue weighted by molar-refractivity contribution is 7.26. The monoisotopic (exact) mass is 770 g/mol. The molecule has 0 saturated carbocycles. The van der Waals surface area contributed by atoms with Crippen molar-refractivity contribution in [1.82, 2.24) is 9.97 Å². The van der Waals surface area contributed by atoms with Crippen molar-refractivity contribution in [2.24, 2.45) is 5.92 Å². The quantitative estimate of drug-likeness (QED) is 0.179. The minimum Gasteiger partial charge on any atom is -0.237 e. The van der Waals surface area contributed by atoms with Gasteiger partial charge in [0.05, 0.1) is 11.1 Å². The zero-order valence-corrected chi connectivity index (χ0v) is 33.6. The number of rotatable bonds is 3. The molecule has 1 spiro atoms. The summed E-state index contributed by atoms with van der Waals surface area (Å²) in [4.78, 5) is 10.3. The number of thiophene rings is 1. The second-order valence-corrected chi connectivity index (χ2v) is 18.3. The first-order chi connectivity index (χ1) is 29.0. The first-order valence-corrected chi connectivity index (χ1v) is 21.5. The number of hydrogen-bond donors (Lipinski definition) is 0. The van der Waals surface area contributed by atoms with Crippen LogP contribution in [-0.4, -0.2) is 9.97 Å². The molecule has 0 radical (unpaired) electrons. The van der Waals surface area contributed by atoms with Gasteiger partial charge in [0.2, 0.25) is 0 Å². The highest BCUT2D eigenvalue weighted by atomic mass is 32.1. The van der Waals surface area contributed by atoms with Crippen LogP contribution in [0, 0.1) is 5.92 Å². The molecular formula is C56H38N2S. The fraction of sp³-hybridized carbons (Fsp3) is 0.107. The molecule has 0 fully saturated rings. The molecule has 0 aliphatic heterocycles. The van der Waals surface area contributed by atoms with Crippen molar-refractivity contribution >= 4 is 31.5 Å². The van der Waals surface area contributed by atoms with Crippen molar-refractivity contribution in [2.75, 3.05) is 0 Å². The lowest BCUT2D eigenvalue weighted by atomic mass is 9.65. The molecule has 0 saturated heterocycles. The van der Waals surface area contributed by atoms with Crippen LogP contribution in [0.2, 0.25) is 0 Å². The molecule has 3 unspecified atom stereocenters. The fourth-order valence-electron chi connectivity index (χ4n) is 11.5. The summed E-state index contributed by atoms with van der Waals surface area (Å²) in [6.07, 6.45) is 11.3. The summed E-state index contributed by atoms with van der Waals surface area (Å²) >= 11 is 1.93. The molecule has 4 aliphatic rings. The third-order valence-electron chi connectivity index (χ3n) is 14.1. The number of benzene rings is 7. The summed E-state index contributed by atoms with van der Waals surface area (Å²) in [6.45, 7) is 4.69. The molecule has 0 amide bonds. The zero-order valence-electron chi connectivity index (χ0n) is 32.8. The van der Waals surface area contributed by atoms with Gasteiger partial charge in [-0.2, -0.15) is 0 Å². The Morgan fingerprint density at radius 3 is 2.22 bits per heavy atom. The van der Waals surface area contributed by atoms with Crippen molar-refractivity contribution in [3.8, 4) is 56.0 Å². The van der Waals surface area contributed by atoms with Crippen molar-refractivity contribution in [1.29, 1.82) is 0 Å². The third kappa shape index (κ3) is 4.41. The van der Waals surface area contributed by atoms with Gasteiger partial charge in [0.15, 0.2) is 5.82 Å². The van der Waals surface area contributed by atoms with Gasteiger partial charge >= 0.3 is 0 Å². The van der Waals surface area contributed by atoms with Crippen LogP contribution in [0.3, 0.4) is 0 Å². The zero-order chi connectivity index (χ0) is 39.0. The van der Waals surface area contributed by atoms with Crippen molar-refractivity contribution in [3.05, 3.63) is 216 Å². The van der Waals surface area contributed by atoms with E-state index in [0.717, 1.165) is 22.6 Å². The van der Waals surface area contributed by atoms with Gasteiger partial charge < -0.3 is 0 Å². The fourth-order valence-corrected chi connectivity index (χ4v) is 12.7. The summed E-state index contributed by atoms with van der Waals surface area (Å²) in [5, 5.41) is 2.67. The van der Waals surface area contributed by atoms with Gasteiger partial charge in [-0.1, -0.05) is 159 Å². The van der Waals surface area contributed by atoms with Gasteiger partial charge in [-0.25, -0.2) is 9.97 Å². The van der Waals surface area contributed by atoms with Crippen molar-refractivity contribution in [3.63, 3.8) is 0 Å². The lowest BCUT2D eigenvalue weighted by Gasteiger charge is -2.36. The van der Waals surface area contributed by atoms with Crippen LogP contribution in [0.1, 0.15) is 53.1 Å². The standard InChI is InChI=1S/C56H38N2S/c1-55(2)44-18-7-3-14-37(44)40-24-22-34(31-48(40)55)33-12-11-13-35(30-33)50-28-29-57-54(58-50)36-23-25-43-49(32-36)56(45-19-8-4-15-38(45)39-16-5-9-20-46(39)56)47-27-26-42-41-17-6-10-21-51(41)59-53(42)52(43)47/h3-32,38,45H,1-2H3. The van der Waals surface area contributed by atoms with E-state index in [1.165, 1.54) is 86.9 Å². The third-order valence-corrected chi connectivity index (χ3v) is 15.3. The van der Waals surface area contributed by atoms with Gasteiger partial charge in [0, 0.05) is 60.3 Å². The first kappa shape index (κ1) is 33.3. The predicted molar refractivity (Wildman–Crippen MR) is 245 cm³/mol. The molecule has 278 valence electrons. The second kappa shape index (κ2) is 11.9. The first-order valence-electron chi connectivity index (χ1n) is 20.7. The average Bonchev–Trinajstić information content (AvgIpc) is 3.98. The van der Waals surface area contributed by atoms with E-state index < -0.39 is 0 Å². The topological polar surface area (TPSA) is 25.8 Å². The average molecular weight is 771 g/mol. The molecule has 59 heavy (non-hydrogen) atoms. The van der Waals surface area contributed by atoms with E-state index in [1.807, 2.05) is 23.6 Å². The molecule has 13 rings (SSSR count). The molecule has 2 heterocycles. The maximum Gasteiger partial charge on any atom is 0.159 e. The second-order valence-electron chi connectivity index (χ2n) is 17.2. The van der Waals surface area contributed by atoms with E-state index in [-0.39, 0.29) is 16.7 Å². The summed E-state index contributed by atoms with van der Waals surface area (Å²) < 4.78 is 2.71. The molecule has 2 aromatic heterocycles. The highest BCUT2D eigenvalue weighted by Crippen LogP contribution is 2.67. The Kier molecular flexibility index (Phi) is 6.74.